The van der Waals surface area contributed by atoms with Crippen LogP contribution in [-0.4, -0.2) is 52.8 Å². The van der Waals surface area contributed by atoms with Gasteiger partial charge in [-0.2, -0.15) is 14.3 Å². The van der Waals surface area contributed by atoms with E-state index < -0.39 is 33.4 Å². The number of nitrogens with zero attached hydrogens (tertiary/aromatic N) is 3. The molecule has 1 atom stereocenters. The Kier molecular flexibility index (Phi) is 6.17. The molecule has 3 amide bonds. The minimum Gasteiger partial charge on any atom is -0.357 e. The molecule has 2 aliphatic carbocycles. The van der Waals surface area contributed by atoms with Gasteiger partial charge in [0.1, 0.15) is 11.6 Å². The molecule has 178 valence electrons. The molecule has 0 aromatic carbocycles. The van der Waals surface area contributed by atoms with Crippen molar-refractivity contribution < 1.29 is 27.1 Å². The van der Waals surface area contributed by atoms with E-state index in [2.05, 4.69) is 23.7 Å². The fourth-order valence-electron chi connectivity index (χ4n) is 4.18. The molecule has 33 heavy (non-hydrogen) atoms. The summed E-state index contributed by atoms with van der Waals surface area (Å²) in [6.07, 6.45) is 7.87. The molecule has 0 bridgehead atoms. The summed E-state index contributed by atoms with van der Waals surface area (Å²) >= 11 is 0. The van der Waals surface area contributed by atoms with Gasteiger partial charge in [0.15, 0.2) is 12.3 Å². The van der Waals surface area contributed by atoms with Crippen LogP contribution in [0, 0.1) is 18.8 Å². The van der Waals surface area contributed by atoms with E-state index >= 15 is 0 Å². The molecular formula is C23H31N4O5S+. The zero-order valence-corrected chi connectivity index (χ0v) is 20.3. The van der Waals surface area contributed by atoms with Gasteiger partial charge >= 0.3 is 11.9 Å². The third-order valence-electron chi connectivity index (χ3n) is 6.65. The Morgan fingerprint density at radius 1 is 1.27 bits per heavy atom. The van der Waals surface area contributed by atoms with Gasteiger partial charge in [-0.1, -0.05) is 19.0 Å². The van der Waals surface area contributed by atoms with Crippen LogP contribution in [0.3, 0.4) is 0 Å². The van der Waals surface area contributed by atoms with Crippen LogP contribution in [0.1, 0.15) is 57.9 Å². The van der Waals surface area contributed by atoms with Crippen molar-refractivity contribution >= 4 is 27.7 Å². The molecule has 4 rings (SSSR count). The number of sulfonamides is 1. The van der Waals surface area contributed by atoms with Crippen molar-refractivity contribution in [3.63, 3.8) is 0 Å². The summed E-state index contributed by atoms with van der Waals surface area (Å²) in [5.74, 6) is -0.695. The molecule has 2 heterocycles. The number of imide groups is 1. The maximum Gasteiger partial charge on any atom is 0.501 e. The summed E-state index contributed by atoms with van der Waals surface area (Å²) in [5.41, 5.74) is 0.733. The Bertz CT molecular complexity index is 1170. The van der Waals surface area contributed by atoms with Crippen LogP contribution in [0.25, 0.3) is 0 Å². The maximum absolute atomic E-state index is 13.4. The van der Waals surface area contributed by atoms with Crippen molar-refractivity contribution in [1.29, 1.82) is 0 Å². The number of fused-ring (bicyclic) bond motifs is 1. The standard InChI is InChI=1S/C23H31N4O5S/c1-5-16(6-2)13-26-20-8-7-18(33(30,31)25-23(4)9-10-23)12-19(20)21(28)27(22(26)29)14-17-11-15(3)24-32-17/h7-8,11-12,16,19,25H,5-6,9-10,13-14H2,1-4H3/q+1. The van der Waals surface area contributed by atoms with Gasteiger partial charge in [-0.05, 0) is 63.7 Å². The highest BCUT2D eigenvalue weighted by atomic mass is 32.2. The average Bonchev–Trinajstić information content (AvgIpc) is 3.34. The van der Waals surface area contributed by atoms with Crippen LogP contribution in [0.5, 0.6) is 0 Å². The predicted octanol–water partition coefficient (Wildman–Crippen LogP) is 2.88. The van der Waals surface area contributed by atoms with Crippen molar-refractivity contribution in [3.8, 4) is 0 Å². The molecule has 0 spiro atoms. The first-order valence-corrected chi connectivity index (χ1v) is 12.9. The van der Waals surface area contributed by atoms with Crippen molar-refractivity contribution in [1.82, 2.24) is 14.8 Å². The molecule has 9 nitrogen and oxygen atoms in total. The molecule has 1 saturated carbocycles. The molecule has 3 aliphatic rings. The highest BCUT2D eigenvalue weighted by Gasteiger charge is 2.49. The van der Waals surface area contributed by atoms with Gasteiger partial charge in [0.25, 0.3) is 0 Å². The van der Waals surface area contributed by atoms with Gasteiger partial charge in [-0.25, -0.2) is 17.9 Å². The van der Waals surface area contributed by atoms with Gasteiger partial charge in [-0.15, -0.1) is 0 Å². The van der Waals surface area contributed by atoms with Crippen LogP contribution in [-0.2, 0) is 21.4 Å². The predicted molar refractivity (Wildman–Crippen MR) is 122 cm³/mol. The van der Waals surface area contributed by atoms with Crippen molar-refractivity contribution in [2.45, 2.75) is 65.5 Å². The normalized spacial score (nSPS) is 22.2. The van der Waals surface area contributed by atoms with Crippen molar-refractivity contribution in [2.75, 3.05) is 6.54 Å². The molecular weight excluding hydrogens is 444 g/mol. The second-order valence-corrected chi connectivity index (χ2v) is 11.1. The molecule has 10 heteroatoms. The number of aromatic nitrogens is 1. The number of amides is 3. The number of carbonyl (C=O) groups is 2. The summed E-state index contributed by atoms with van der Waals surface area (Å²) in [6, 6.07) is 1.25. The number of allylic oxidation sites excluding steroid dienone is 2. The van der Waals surface area contributed by atoms with E-state index in [4.69, 9.17) is 4.52 Å². The van der Waals surface area contributed by atoms with Gasteiger partial charge in [-0.3, -0.25) is 0 Å². The Morgan fingerprint density at radius 3 is 2.55 bits per heavy atom. The fraction of sp³-hybridized carbons (Fsp3) is 0.565. The lowest BCUT2D eigenvalue weighted by atomic mass is 9.93. The van der Waals surface area contributed by atoms with Crippen LogP contribution < -0.4 is 4.72 Å². The van der Waals surface area contributed by atoms with E-state index in [1.165, 1.54) is 12.2 Å². The lowest BCUT2D eigenvalue weighted by molar-refractivity contribution is -0.449. The van der Waals surface area contributed by atoms with Gasteiger partial charge < -0.3 is 4.52 Å². The molecule has 0 saturated heterocycles. The summed E-state index contributed by atoms with van der Waals surface area (Å²) in [7, 11) is -3.78. The molecule has 1 fully saturated rings. The number of hydrogen-bond acceptors (Lipinski definition) is 6. The highest BCUT2D eigenvalue weighted by Crippen LogP contribution is 2.36. The monoisotopic (exact) mass is 475 g/mol. The zero-order valence-electron chi connectivity index (χ0n) is 19.5. The Balaban J connectivity index is 1.72. The Morgan fingerprint density at radius 2 is 1.97 bits per heavy atom. The second kappa shape index (κ2) is 8.64. The summed E-state index contributed by atoms with van der Waals surface area (Å²) in [4.78, 5) is 28.0. The number of carbonyl (C=O) groups excluding carboxylic acids is 2. The minimum atomic E-state index is -3.78. The second-order valence-electron chi connectivity index (χ2n) is 9.41. The first-order valence-electron chi connectivity index (χ1n) is 11.4. The number of aryl methyl sites for hydroxylation is 1. The lowest BCUT2D eigenvalue weighted by Gasteiger charge is -2.28. The molecule has 0 radical (unpaired) electrons. The quantitative estimate of drug-likeness (QED) is 0.550. The summed E-state index contributed by atoms with van der Waals surface area (Å²) < 4.78 is 35.5. The van der Waals surface area contributed by atoms with Gasteiger partial charge in [0.2, 0.25) is 10.0 Å². The fourth-order valence-corrected chi connectivity index (χ4v) is 5.72. The topological polar surface area (TPSA) is 113 Å². The van der Waals surface area contributed by atoms with E-state index in [1.54, 1.807) is 23.6 Å². The third-order valence-corrected chi connectivity index (χ3v) is 8.31. The molecule has 1 N–H and O–H groups in total. The zero-order chi connectivity index (χ0) is 24.0. The molecule has 1 unspecified atom stereocenters. The van der Waals surface area contributed by atoms with Crippen LogP contribution in [0.4, 0.5) is 4.79 Å². The SMILES string of the molecule is CCC(CC)C[N+]1=C2C=CC(S(=O)(=O)NC3(C)CC3)=CC2C(=O)N(Cc2cc(C)no2)C1=O. The Hall–Kier alpha value is -2.59. The molecule has 1 aromatic rings. The van der Waals surface area contributed by atoms with Crippen LogP contribution in [0.15, 0.2) is 33.7 Å². The number of urea groups is 1. The summed E-state index contributed by atoms with van der Waals surface area (Å²) in [5, 5.41) is 3.84. The number of hydrogen-bond donors (Lipinski definition) is 1. The molecule has 1 aromatic heterocycles. The van der Waals surface area contributed by atoms with E-state index in [0.717, 1.165) is 30.6 Å². The van der Waals surface area contributed by atoms with E-state index in [1.807, 2.05) is 6.92 Å². The average molecular weight is 476 g/mol. The number of rotatable bonds is 9. The Labute approximate surface area is 194 Å². The van der Waals surface area contributed by atoms with E-state index in [-0.39, 0.29) is 17.4 Å². The summed E-state index contributed by atoms with van der Waals surface area (Å²) in [6.45, 7) is 8.15. The van der Waals surface area contributed by atoms with Crippen molar-refractivity contribution in [2.24, 2.45) is 11.8 Å². The van der Waals surface area contributed by atoms with Crippen molar-refractivity contribution in [3.05, 3.63) is 40.7 Å². The molecule has 1 aliphatic heterocycles. The van der Waals surface area contributed by atoms with Gasteiger partial charge in [0.05, 0.1) is 17.1 Å². The van der Waals surface area contributed by atoms with Gasteiger partial charge in [0, 0.05) is 11.6 Å². The lowest BCUT2D eigenvalue weighted by Crippen LogP contribution is -2.55. The maximum atomic E-state index is 13.4. The minimum absolute atomic E-state index is 0.0463. The van der Waals surface area contributed by atoms with Crippen LogP contribution >= 0.6 is 0 Å². The van der Waals surface area contributed by atoms with E-state index in [9.17, 15) is 18.0 Å². The van der Waals surface area contributed by atoms with E-state index in [0.29, 0.717) is 23.7 Å². The largest absolute Gasteiger partial charge is 0.501 e. The first-order chi connectivity index (χ1) is 15.6. The third kappa shape index (κ3) is 4.72. The highest BCUT2D eigenvalue weighted by molar-refractivity contribution is 7.93. The first kappa shape index (κ1) is 23.6. The van der Waals surface area contributed by atoms with Crippen LogP contribution in [0.2, 0.25) is 0 Å². The smallest absolute Gasteiger partial charge is 0.357 e. The number of nitrogens with one attached hydrogen (secondary N) is 1.